The van der Waals surface area contributed by atoms with Gasteiger partial charge in [-0.1, -0.05) is 39.5 Å². The van der Waals surface area contributed by atoms with Gasteiger partial charge in [0, 0.05) is 19.5 Å². The molecule has 0 radical (unpaired) electrons. The van der Waals surface area contributed by atoms with Crippen LogP contribution in [0.2, 0.25) is 0 Å². The zero-order chi connectivity index (χ0) is 15.7. The lowest BCUT2D eigenvalue weighted by Crippen LogP contribution is -2.37. The van der Waals surface area contributed by atoms with Crippen molar-refractivity contribution in [1.29, 1.82) is 0 Å². The molecule has 21 heavy (non-hydrogen) atoms. The Kier molecular flexibility index (Phi) is 7.76. The quantitative estimate of drug-likeness (QED) is 0.666. The molecule has 122 valence electrons. The largest absolute Gasteiger partial charge is 0.481 e. The van der Waals surface area contributed by atoms with Crippen molar-refractivity contribution in [2.24, 2.45) is 5.41 Å². The second-order valence-electron chi connectivity index (χ2n) is 6.54. The van der Waals surface area contributed by atoms with Gasteiger partial charge in [0.25, 0.3) is 0 Å². The van der Waals surface area contributed by atoms with Crippen molar-refractivity contribution in [1.82, 2.24) is 4.90 Å². The van der Waals surface area contributed by atoms with Gasteiger partial charge >= 0.3 is 5.97 Å². The fourth-order valence-corrected chi connectivity index (χ4v) is 3.35. The molecule has 0 bridgehead atoms. The number of rotatable bonds is 10. The highest BCUT2D eigenvalue weighted by Crippen LogP contribution is 2.44. The van der Waals surface area contributed by atoms with Crippen molar-refractivity contribution in [3.8, 4) is 0 Å². The molecule has 0 aromatic heterocycles. The van der Waals surface area contributed by atoms with Gasteiger partial charge in [-0.25, -0.2) is 0 Å². The highest BCUT2D eigenvalue weighted by molar-refractivity contribution is 5.78. The predicted molar refractivity (Wildman–Crippen MR) is 84.2 cm³/mol. The Bertz CT molecular complexity index is 327. The van der Waals surface area contributed by atoms with E-state index in [1.807, 2.05) is 4.90 Å². The van der Waals surface area contributed by atoms with Gasteiger partial charge in [-0.2, -0.15) is 0 Å². The summed E-state index contributed by atoms with van der Waals surface area (Å²) in [5, 5.41) is 9.15. The molecule has 1 saturated carbocycles. The Hall–Kier alpha value is -1.06. The van der Waals surface area contributed by atoms with Crippen molar-refractivity contribution in [2.45, 2.75) is 78.1 Å². The Balaban J connectivity index is 2.65. The number of carboxylic acid groups (broad SMARTS) is 1. The first kappa shape index (κ1) is 18.0. The van der Waals surface area contributed by atoms with Crippen LogP contribution >= 0.6 is 0 Å². The van der Waals surface area contributed by atoms with Crippen LogP contribution < -0.4 is 0 Å². The number of amides is 1. The molecular weight excluding hydrogens is 266 g/mol. The van der Waals surface area contributed by atoms with E-state index in [1.165, 1.54) is 0 Å². The normalized spacial score (nSPS) is 16.9. The van der Waals surface area contributed by atoms with E-state index in [9.17, 15) is 9.59 Å². The third-order valence-electron chi connectivity index (χ3n) is 4.63. The molecule has 0 aromatic carbocycles. The van der Waals surface area contributed by atoms with Crippen LogP contribution in [-0.2, 0) is 9.59 Å². The maximum Gasteiger partial charge on any atom is 0.303 e. The summed E-state index contributed by atoms with van der Waals surface area (Å²) in [5.41, 5.74) is -0.278. The molecule has 4 nitrogen and oxygen atoms in total. The highest BCUT2D eigenvalue weighted by atomic mass is 16.4. The first-order chi connectivity index (χ1) is 10.0. The predicted octanol–water partition coefficient (Wildman–Crippen LogP) is 3.84. The lowest BCUT2D eigenvalue weighted by atomic mass is 9.79. The molecule has 1 aliphatic carbocycles. The van der Waals surface area contributed by atoms with Crippen molar-refractivity contribution in [3.05, 3.63) is 0 Å². The lowest BCUT2D eigenvalue weighted by molar-refractivity contribution is -0.141. The Morgan fingerprint density at radius 2 is 1.52 bits per heavy atom. The number of carbonyl (C=O) groups is 2. The molecule has 0 saturated heterocycles. The number of carboxylic acids is 1. The van der Waals surface area contributed by atoms with Crippen LogP contribution in [0.25, 0.3) is 0 Å². The average molecular weight is 297 g/mol. The van der Waals surface area contributed by atoms with Gasteiger partial charge in [0.05, 0.1) is 6.42 Å². The molecule has 1 rings (SSSR count). The standard InChI is InChI=1S/C17H31NO3/c1-3-5-11-18(12-6-4-2)15(19)13-17(14-16(20)21)9-7-8-10-17/h3-14H2,1-2H3,(H,20,21). The monoisotopic (exact) mass is 297 g/mol. The molecule has 0 unspecified atom stereocenters. The molecule has 1 aliphatic rings. The number of hydrogen-bond acceptors (Lipinski definition) is 2. The molecule has 0 atom stereocenters. The van der Waals surface area contributed by atoms with E-state index in [4.69, 9.17) is 5.11 Å². The molecule has 0 spiro atoms. The second-order valence-corrected chi connectivity index (χ2v) is 6.54. The number of hydrogen-bond donors (Lipinski definition) is 1. The SMILES string of the molecule is CCCCN(CCCC)C(=O)CC1(CC(=O)O)CCCC1. The Labute approximate surface area is 128 Å². The van der Waals surface area contributed by atoms with E-state index < -0.39 is 5.97 Å². The van der Waals surface area contributed by atoms with Crippen molar-refractivity contribution in [3.63, 3.8) is 0 Å². The Morgan fingerprint density at radius 1 is 1.00 bits per heavy atom. The van der Waals surface area contributed by atoms with Crippen LogP contribution in [0.4, 0.5) is 0 Å². The summed E-state index contributed by atoms with van der Waals surface area (Å²) in [6.07, 6.45) is 8.69. The third-order valence-corrected chi connectivity index (χ3v) is 4.63. The van der Waals surface area contributed by atoms with E-state index in [1.54, 1.807) is 0 Å². The summed E-state index contributed by atoms with van der Waals surface area (Å²) in [5.74, 6) is -0.599. The number of aliphatic carboxylic acids is 1. The summed E-state index contributed by atoms with van der Waals surface area (Å²) in [6.45, 7) is 5.90. The third kappa shape index (κ3) is 6.06. The smallest absolute Gasteiger partial charge is 0.303 e. The first-order valence-electron chi connectivity index (χ1n) is 8.52. The summed E-state index contributed by atoms with van der Waals surface area (Å²) < 4.78 is 0. The summed E-state index contributed by atoms with van der Waals surface area (Å²) >= 11 is 0. The lowest BCUT2D eigenvalue weighted by Gasteiger charge is -2.30. The summed E-state index contributed by atoms with van der Waals surface area (Å²) in [6, 6.07) is 0. The van der Waals surface area contributed by atoms with Crippen LogP contribution in [0.3, 0.4) is 0 Å². The fraction of sp³-hybridized carbons (Fsp3) is 0.882. The number of unbranched alkanes of at least 4 members (excludes halogenated alkanes) is 2. The van der Waals surface area contributed by atoms with E-state index >= 15 is 0 Å². The molecule has 0 heterocycles. The van der Waals surface area contributed by atoms with Crippen LogP contribution in [-0.4, -0.2) is 35.0 Å². The van der Waals surface area contributed by atoms with Gasteiger partial charge in [0.1, 0.15) is 0 Å². The first-order valence-corrected chi connectivity index (χ1v) is 8.52. The molecule has 1 N–H and O–H groups in total. The van der Waals surface area contributed by atoms with Crippen LogP contribution in [0.1, 0.15) is 78.1 Å². The van der Waals surface area contributed by atoms with Crippen molar-refractivity contribution < 1.29 is 14.7 Å². The van der Waals surface area contributed by atoms with E-state index in [0.717, 1.165) is 64.5 Å². The van der Waals surface area contributed by atoms with Crippen molar-refractivity contribution >= 4 is 11.9 Å². The summed E-state index contributed by atoms with van der Waals surface area (Å²) in [4.78, 5) is 25.7. The van der Waals surface area contributed by atoms with Crippen LogP contribution in [0.5, 0.6) is 0 Å². The van der Waals surface area contributed by atoms with Gasteiger partial charge in [-0.05, 0) is 31.1 Å². The zero-order valence-corrected chi connectivity index (χ0v) is 13.7. The van der Waals surface area contributed by atoms with Gasteiger partial charge in [-0.3, -0.25) is 9.59 Å². The maximum absolute atomic E-state index is 12.6. The van der Waals surface area contributed by atoms with Gasteiger partial charge in [0.15, 0.2) is 0 Å². The minimum Gasteiger partial charge on any atom is -0.481 e. The maximum atomic E-state index is 12.6. The Morgan fingerprint density at radius 3 is 1.95 bits per heavy atom. The fourth-order valence-electron chi connectivity index (χ4n) is 3.35. The molecule has 1 amide bonds. The van der Waals surface area contributed by atoms with Gasteiger partial charge < -0.3 is 10.0 Å². The van der Waals surface area contributed by atoms with Crippen LogP contribution in [0.15, 0.2) is 0 Å². The van der Waals surface area contributed by atoms with E-state index in [2.05, 4.69) is 13.8 Å². The topological polar surface area (TPSA) is 57.6 Å². The second kappa shape index (κ2) is 9.06. The molecular formula is C17H31NO3. The molecule has 4 heteroatoms. The molecule has 0 aromatic rings. The summed E-state index contributed by atoms with van der Waals surface area (Å²) in [7, 11) is 0. The highest BCUT2D eigenvalue weighted by Gasteiger charge is 2.38. The minimum atomic E-state index is -0.765. The van der Waals surface area contributed by atoms with E-state index in [0.29, 0.717) is 6.42 Å². The molecule has 1 fully saturated rings. The zero-order valence-electron chi connectivity index (χ0n) is 13.7. The minimum absolute atomic E-state index is 0.147. The van der Waals surface area contributed by atoms with Gasteiger partial charge in [-0.15, -0.1) is 0 Å². The van der Waals surface area contributed by atoms with Crippen LogP contribution in [0, 0.1) is 5.41 Å². The van der Waals surface area contributed by atoms with E-state index in [-0.39, 0.29) is 17.7 Å². The number of nitrogens with zero attached hydrogens (tertiary/aromatic N) is 1. The van der Waals surface area contributed by atoms with Gasteiger partial charge in [0.2, 0.25) is 5.91 Å². The average Bonchev–Trinajstić information content (AvgIpc) is 2.86. The van der Waals surface area contributed by atoms with Crippen molar-refractivity contribution in [2.75, 3.05) is 13.1 Å². The molecule has 0 aliphatic heterocycles. The number of carbonyl (C=O) groups excluding carboxylic acids is 1.